The largest absolute Gasteiger partial charge is 0.469 e. The number of aliphatic hydroxyl groups is 1. The van der Waals surface area contributed by atoms with E-state index in [-0.39, 0.29) is 19.4 Å². The van der Waals surface area contributed by atoms with Gasteiger partial charge in [-0.05, 0) is 32.1 Å². The molecule has 0 fully saturated rings. The van der Waals surface area contributed by atoms with Crippen LogP contribution in [-0.2, 0) is 28.2 Å². The molecule has 298 valence electrons. The van der Waals surface area contributed by atoms with Gasteiger partial charge in [0.2, 0.25) is 0 Å². The van der Waals surface area contributed by atoms with Crippen molar-refractivity contribution >= 4 is 19.8 Å². The maximum atomic E-state index is 12.4. The number of rotatable bonds is 37. The lowest BCUT2D eigenvalue weighted by atomic mass is 10.0. The number of hydrogen-bond acceptors (Lipinski definition) is 7. The molecule has 0 bridgehead atoms. The first-order chi connectivity index (χ1) is 24.7. The van der Waals surface area contributed by atoms with Gasteiger partial charge in [-0.3, -0.25) is 14.1 Å². The Morgan fingerprint density at radius 2 is 1.10 bits per heavy atom. The molecule has 0 heterocycles. The Bertz CT molecular complexity index is 943. The van der Waals surface area contributed by atoms with Gasteiger partial charge in [-0.2, -0.15) is 0 Å². The number of carbonyl (C=O) groups excluding carboxylic acids is 2. The molecule has 3 N–H and O–H groups in total. The number of phosphoric acid groups is 1. The highest BCUT2D eigenvalue weighted by Crippen LogP contribution is 2.36. The van der Waals surface area contributed by atoms with E-state index in [1.165, 1.54) is 89.9 Å². The van der Waals surface area contributed by atoms with Crippen LogP contribution in [0.2, 0.25) is 0 Å². The molecular weight excluding hydrogens is 667 g/mol. The van der Waals surface area contributed by atoms with E-state index in [0.717, 1.165) is 51.4 Å². The first kappa shape index (κ1) is 49.2. The number of esters is 2. The van der Waals surface area contributed by atoms with Gasteiger partial charge in [0, 0.05) is 12.8 Å². The first-order valence-corrected chi connectivity index (χ1v) is 21.9. The molecule has 0 aliphatic heterocycles. The van der Waals surface area contributed by atoms with Crippen molar-refractivity contribution < 1.29 is 43.0 Å². The summed E-state index contributed by atoms with van der Waals surface area (Å²) in [6.45, 7) is 3.48. The van der Waals surface area contributed by atoms with Crippen LogP contribution in [0.3, 0.4) is 0 Å². The Kier molecular flexibility index (Phi) is 35.3. The van der Waals surface area contributed by atoms with E-state index < -0.39 is 38.6 Å². The molecule has 0 aliphatic rings. The fraction of sp³-hybridized carbons (Fsp3) is 0.805. The molecule has 0 saturated carbocycles. The Labute approximate surface area is 311 Å². The van der Waals surface area contributed by atoms with Crippen LogP contribution in [0.25, 0.3) is 0 Å². The van der Waals surface area contributed by atoms with Gasteiger partial charge < -0.3 is 24.4 Å². The molecule has 0 aromatic rings. The summed E-state index contributed by atoms with van der Waals surface area (Å²) in [5.74, 6) is -0.956. The second-order valence-electron chi connectivity index (χ2n) is 13.8. The van der Waals surface area contributed by atoms with Gasteiger partial charge in [0.25, 0.3) is 0 Å². The van der Waals surface area contributed by atoms with Crippen molar-refractivity contribution in [3.63, 3.8) is 0 Å². The summed E-state index contributed by atoms with van der Waals surface area (Å²) in [6, 6.07) is 0. The molecule has 9 nitrogen and oxygen atoms in total. The van der Waals surface area contributed by atoms with Crippen molar-refractivity contribution in [3.8, 4) is 0 Å². The third kappa shape index (κ3) is 39.3. The Morgan fingerprint density at radius 3 is 1.61 bits per heavy atom. The van der Waals surface area contributed by atoms with Gasteiger partial charge in [-0.15, -0.1) is 0 Å². The van der Waals surface area contributed by atoms with Crippen LogP contribution in [0.15, 0.2) is 36.5 Å². The van der Waals surface area contributed by atoms with Crippen LogP contribution >= 0.6 is 7.82 Å². The maximum Gasteiger partial charge on any atom is 0.469 e. The summed E-state index contributed by atoms with van der Waals surface area (Å²) in [7, 11) is -4.78. The third-order valence-corrected chi connectivity index (χ3v) is 9.26. The van der Waals surface area contributed by atoms with Gasteiger partial charge in [-0.1, -0.05) is 179 Å². The fourth-order valence-electron chi connectivity index (χ4n) is 5.73. The lowest BCUT2D eigenvalue weighted by Crippen LogP contribution is -2.29. The van der Waals surface area contributed by atoms with Crippen LogP contribution in [0.4, 0.5) is 0 Å². The average molecular weight is 743 g/mol. The number of phosphoric ester groups is 1. The normalized spacial score (nSPS) is 13.4. The lowest BCUT2D eigenvalue weighted by molar-refractivity contribution is -0.161. The minimum absolute atomic E-state index is 0.144. The van der Waals surface area contributed by atoms with Crippen molar-refractivity contribution in [2.24, 2.45) is 0 Å². The fourth-order valence-corrected chi connectivity index (χ4v) is 6.09. The van der Waals surface area contributed by atoms with Gasteiger partial charge in [0.1, 0.15) is 6.61 Å². The predicted octanol–water partition coefficient (Wildman–Crippen LogP) is 11.2. The summed E-state index contributed by atoms with van der Waals surface area (Å²) in [4.78, 5) is 42.8. The zero-order chi connectivity index (χ0) is 37.7. The van der Waals surface area contributed by atoms with E-state index in [0.29, 0.717) is 19.3 Å². The molecule has 10 heteroatoms. The molecule has 0 saturated heterocycles. The molecule has 2 atom stereocenters. The molecule has 0 aliphatic carbocycles. The summed E-state index contributed by atoms with van der Waals surface area (Å²) in [5.41, 5.74) is 0. The average Bonchev–Trinajstić information content (AvgIpc) is 3.09. The van der Waals surface area contributed by atoms with Gasteiger partial charge >= 0.3 is 19.8 Å². The Balaban J connectivity index is 3.99. The highest BCUT2D eigenvalue weighted by atomic mass is 31.2. The summed E-state index contributed by atoms with van der Waals surface area (Å²) in [5, 5.41) is 10.1. The Morgan fingerprint density at radius 1 is 0.608 bits per heavy atom. The molecule has 0 aromatic carbocycles. The number of ether oxygens (including phenoxy) is 2. The summed E-state index contributed by atoms with van der Waals surface area (Å²) >= 11 is 0. The molecule has 1 unspecified atom stereocenters. The quantitative estimate of drug-likeness (QED) is 0.0186. The number of unbranched alkanes of at least 4 members (excludes halogenated alkanes) is 20. The van der Waals surface area contributed by atoms with Gasteiger partial charge in [0.15, 0.2) is 6.10 Å². The van der Waals surface area contributed by atoms with E-state index in [4.69, 9.17) is 19.3 Å². The van der Waals surface area contributed by atoms with Gasteiger partial charge in [-0.25, -0.2) is 4.57 Å². The molecule has 0 aromatic heterocycles. The smallest absolute Gasteiger partial charge is 0.462 e. The lowest BCUT2D eigenvalue weighted by Gasteiger charge is -2.18. The van der Waals surface area contributed by atoms with Crippen LogP contribution in [0.1, 0.15) is 187 Å². The highest BCUT2D eigenvalue weighted by Gasteiger charge is 2.23. The monoisotopic (exact) mass is 743 g/mol. The predicted molar refractivity (Wildman–Crippen MR) is 208 cm³/mol. The third-order valence-electron chi connectivity index (χ3n) is 8.78. The van der Waals surface area contributed by atoms with E-state index in [1.54, 1.807) is 6.08 Å². The molecule has 0 amide bonds. The summed E-state index contributed by atoms with van der Waals surface area (Å²) in [6.07, 6.45) is 38.9. The minimum atomic E-state index is -4.78. The standard InChI is InChI=1S/C41H75O9P/c1-3-5-7-9-11-12-13-14-15-16-17-18-19-20-22-26-30-34-40(43)48-36-39(37-49-51(45,46)47)50-41(44)35-31-27-23-25-29-33-38(42)32-28-24-21-10-8-6-4-2/h6,8,21,24,28,32,38-39,42H,3-5,7,9-20,22-23,25-27,29-31,33-37H2,1-2H3,(H2,45,46,47)/b8-6+,24-21+,32-28+/t38?,39-/m1/s1. The van der Waals surface area contributed by atoms with Crippen molar-refractivity contribution in [2.75, 3.05) is 13.2 Å². The van der Waals surface area contributed by atoms with E-state index >= 15 is 0 Å². The minimum Gasteiger partial charge on any atom is -0.462 e. The van der Waals surface area contributed by atoms with Crippen molar-refractivity contribution in [2.45, 2.75) is 199 Å². The van der Waals surface area contributed by atoms with E-state index in [1.807, 2.05) is 18.2 Å². The van der Waals surface area contributed by atoms with Crippen LogP contribution in [-0.4, -0.2) is 52.3 Å². The molecule has 0 rings (SSSR count). The van der Waals surface area contributed by atoms with Crippen LogP contribution in [0.5, 0.6) is 0 Å². The number of allylic oxidation sites excluding steroid dienone is 5. The number of hydrogen-bond donors (Lipinski definition) is 3. The summed E-state index contributed by atoms with van der Waals surface area (Å²) < 4.78 is 26.3. The molecule has 51 heavy (non-hydrogen) atoms. The zero-order valence-electron chi connectivity index (χ0n) is 32.4. The second kappa shape index (κ2) is 36.6. The SMILES string of the molecule is CC/C=C/C/C=C/C=C/C(O)CCCCCCCC(=O)O[C@H](COC(=O)CCCCCCCCCCCCCCCCCCC)COP(=O)(O)O. The molecule has 0 radical (unpaired) electrons. The van der Waals surface area contributed by atoms with Crippen LogP contribution in [0, 0.1) is 0 Å². The van der Waals surface area contributed by atoms with Gasteiger partial charge in [0.05, 0.1) is 12.7 Å². The number of aliphatic hydroxyl groups excluding tert-OH is 1. The van der Waals surface area contributed by atoms with E-state index in [2.05, 4.69) is 30.5 Å². The van der Waals surface area contributed by atoms with Crippen molar-refractivity contribution in [3.05, 3.63) is 36.5 Å². The van der Waals surface area contributed by atoms with Crippen LogP contribution < -0.4 is 0 Å². The molecular formula is C41H75O9P. The highest BCUT2D eigenvalue weighted by molar-refractivity contribution is 7.46. The number of carbonyl (C=O) groups is 2. The molecule has 0 spiro atoms. The Hall–Kier alpha value is -1.77. The topological polar surface area (TPSA) is 140 Å². The van der Waals surface area contributed by atoms with E-state index in [9.17, 15) is 19.3 Å². The van der Waals surface area contributed by atoms with Crippen molar-refractivity contribution in [1.82, 2.24) is 0 Å². The zero-order valence-corrected chi connectivity index (χ0v) is 33.3. The second-order valence-corrected chi connectivity index (χ2v) is 15.0. The maximum absolute atomic E-state index is 12.4. The van der Waals surface area contributed by atoms with Crippen molar-refractivity contribution in [1.29, 1.82) is 0 Å². The first-order valence-electron chi connectivity index (χ1n) is 20.4.